The Bertz CT molecular complexity index is 371. The van der Waals surface area contributed by atoms with Crippen molar-refractivity contribution in [2.75, 3.05) is 26.2 Å². The summed E-state index contributed by atoms with van der Waals surface area (Å²) in [6, 6.07) is 0. The third-order valence-electron chi connectivity index (χ3n) is 5.61. The monoisotopic (exact) mass is 423 g/mol. The second-order valence-electron chi connectivity index (χ2n) is 8.64. The number of hydrogen-bond acceptors (Lipinski definition) is 3. The van der Waals surface area contributed by atoms with E-state index < -0.39 is 0 Å². The molecule has 0 saturated heterocycles. The molecule has 0 spiro atoms. The van der Waals surface area contributed by atoms with Crippen molar-refractivity contribution in [3.63, 3.8) is 0 Å². The van der Waals surface area contributed by atoms with E-state index in [0.29, 0.717) is 19.5 Å². The number of allylic oxidation sites excluding steroid dienone is 2. The summed E-state index contributed by atoms with van der Waals surface area (Å²) in [5.41, 5.74) is 5.40. The van der Waals surface area contributed by atoms with Crippen molar-refractivity contribution in [1.82, 2.24) is 10.6 Å². The lowest BCUT2D eigenvalue weighted by Gasteiger charge is -2.06. The number of unbranched alkanes of at least 4 members (excludes halogenated alkanes) is 15. The van der Waals surface area contributed by atoms with E-state index in [4.69, 9.17) is 5.73 Å². The molecule has 4 heteroatoms. The van der Waals surface area contributed by atoms with E-state index in [0.717, 1.165) is 19.5 Å². The molecule has 0 unspecified atom stereocenters. The number of nitrogens with one attached hydrogen (secondary N) is 2. The average Bonchev–Trinajstić information content (AvgIpc) is 2.75. The lowest BCUT2D eigenvalue weighted by Crippen LogP contribution is -2.33. The van der Waals surface area contributed by atoms with Gasteiger partial charge in [0.25, 0.3) is 0 Å². The van der Waals surface area contributed by atoms with Crippen LogP contribution in [0.25, 0.3) is 0 Å². The van der Waals surface area contributed by atoms with Gasteiger partial charge in [-0.25, -0.2) is 0 Å². The molecule has 178 valence electrons. The quantitative estimate of drug-likeness (QED) is 0.127. The number of nitrogens with two attached hydrogens (primary N) is 1. The van der Waals surface area contributed by atoms with Crippen LogP contribution in [0.2, 0.25) is 0 Å². The molecule has 4 nitrogen and oxygen atoms in total. The lowest BCUT2D eigenvalue weighted by molar-refractivity contribution is -0.121. The van der Waals surface area contributed by atoms with E-state index in [9.17, 15) is 4.79 Å². The SMILES string of the molecule is CCCCCCCC/C=C\CCCCCCCCCCCC(=O)NCCNCCN. The molecule has 0 aromatic heterocycles. The van der Waals surface area contributed by atoms with Gasteiger partial charge in [-0.05, 0) is 32.1 Å². The van der Waals surface area contributed by atoms with Crippen molar-refractivity contribution in [3.8, 4) is 0 Å². The molecule has 30 heavy (non-hydrogen) atoms. The fourth-order valence-corrected chi connectivity index (χ4v) is 3.67. The summed E-state index contributed by atoms with van der Waals surface area (Å²) in [7, 11) is 0. The molecule has 0 saturated carbocycles. The number of carbonyl (C=O) groups is 1. The lowest BCUT2D eigenvalue weighted by atomic mass is 10.1. The van der Waals surface area contributed by atoms with Crippen molar-refractivity contribution >= 4 is 5.91 Å². The molecule has 0 aliphatic heterocycles. The van der Waals surface area contributed by atoms with Crippen LogP contribution in [-0.2, 0) is 4.79 Å². The molecule has 1 amide bonds. The molecule has 0 rings (SSSR count). The molecule has 0 bridgehead atoms. The Morgan fingerprint density at radius 3 is 1.70 bits per heavy atom. The topological polar surface area (TPSA) is 67.2 Å². The van der Waals surface area contributed by atoms with Gasteiger partial charge in [-0.3, -0.25) is 4.79 Å². The summed E-state index contributed by atoms with van der Waals surface area (Å²) >= 11 is 0. The first kappa shape index (κ1) is 29.1. The van der Waals surface area contributed by atoms with Crippen molar-refractivity contribution in [1.29, 1.82) is 0 Å². The Balaban J connectivity index is 3.15. The van der Waals surface area contributed by atoms with E-state index in [1.165, 1.54) is 103 Å². The molecule has 0 aromatic rings. The largest absolute Gasteiger partial charge is 0.355 e. The zero-order valence-corrected chi connectivity index (χ0v) is 20.2. The molecule has 0 radical (unpaired) electrons. The van der Waals surface area contributed by atoms with Crippen LogP contribution < -0.4 is 16.4 Å². The Morgan fingerprint density at radius 2 is 1.17 bits per heavy atom. The van der Waals surface area contributed by atoms with Crippen molar-refractivity contribution in [2.45, 2.75) is 122 Å². The number of carbonyl (C=O) groups excluding carboxylic acids is 1. The third-order valence-corrected chi connectivity index (χ3v) is 5.61. The van der Waals surface area contributed by atoms with Crippen LogP contribution in [0.15, 0.2) is 12.2 Å². The minimum Gasteiger partial charge on any atom is -0.355 e. The molecule has 0 aliphatic carbocycles. The van der Waals surface area contributed by atoms with Gasteiger partial charge in [0.2, 0.25) is 5.91 Å². The smallest absolute Gasteiger partial charge is 0.220 e. The van der Waals surface area contributed by atoms with Crippen LogP contribution in [0.5, 0.6) is 0 Å². The molecule has 0 aliphatic rings. The maximum atomic E-state index is 11.7. The van der Waals surface area contributed by atoms with Crippen LogP contribution in [0.1, 0.15) is 122 Å². The predicted molar refractivity (Wildman–Crippen MR) is 133 cm³/mol. The van der Waals surface area contributed by atoms with Gasteiger partial charge in [0.1, 0.15) is 0 Å². The number of rotatable bonds is 24. The fourth-order valence-electron chi connectivity index (χ4n) is 3.67. The van der Waals surface area contributed by atoms with Crippen molar-refractivity contribution in [3.05, 3.63) is 12.2 Å². The molecular formula is C26H53N3O. The van der Waals surface area contributed by atoms with Gasteiger partial charge < -0.3 is 16.4 Å². The summed E-state index contributed by atoms with van der Waals surface area (Å²) in [6.45, 7) is 5.24. The first-order valence-electron chi connectivity index (χ1n) is 13.1. The highest BCUT2D eigenvalue weighted by Crippen LogP contribution is 2.12. The van der Waals surface area contributed by atoms with Gasteiger partial charge in [0, 0.05) is 32.6 Å². The summed E-state index contributed by atoms with van der Waals surface area (Å²) in [4.78, 5) is 11.7. The van der Waals surface area contributed by atoms with Crippen LogP contribution in [0.4, 0.5) is 0 Å². The van der Waals surface area contributed by atoms with E-state index >= 15 is 0 Å². The second kappa shape index (κ2) is 26.2. The third kappa shape index (κ3) is 25.2. The summed E-state index contributed by atoms with van der Waals surface area (Å²) < 4.78 is 0. The highest BCUT2D eigenvalue weighted by molar-refractivity contribution is 5.75. The van der Waals surface area contributed by atoms with Crippen LogP contribution in [0, 0.1) is 0 Å². The maximum absolute atomic E-state index is 11.7. The van der Waals surface area contributed by atoms with E-state index in [1.807, 2.05) is 0 Å². The van der Waals surface area contributed by atoms with Crippen molar-refractivity contribution < 1.29 is 4.79 Å². The molecule has 0 aromatic carbocycles. The van der Waals surface area contributed by atoms with Gasteiger partial charge in [-0.1, -0.05) is 96.1 Å². The molecule has 0 heterocycles. The maximum Gasteiger partial charge on any atom is 0.220 e. The standard InChI is InChI=1S/C26H53N3O/c1-2-3-4-5-6-7-8-9-10-11-12-13-14-15-16-17-18-19-20-21-26(30)29-25-24-28-23-22-27/h9-10,28H,2-8,11-25,27H2,1H3,(H,29,30)/b10-9-. The molecule has 0 fully saturated rings. The second-order valence-corrected chi connectivity index (χ2v) is 8.64. The predicted octanol–water partition coefficient (Wildman–Crippen LogP) is 6.25. The first-order chi connectivity index (χ1) is 14.8. The average molecular weight is 424 g/mol. The Kier molecular flexibility index (Phi) is 25.4. The van der Waals surface area contributed by atoms with E-state index in [1.54, 1.807) is 0 Å². The zero-order valence-electron chi connectivity index (χ0n) is 20.2. The van der Waals surface area contributed by atoms with Gasteiger partial charge >= 0.3 is 0 Å². The molecule has 4 N–H and O–H groups in total. The van der Waals surface area contributed by atoms with Gasteiger partial charge in [0.05, 0.1) is 0 Å². The minimum atomic E-state index is 0.186. The Hall–Kier alpha value is -0.870. The molecular weight excluding hydrogens is 370 g/mol. The summed E-state index contributed by atoms with van der Waals surface area (Å²) in [6.07, 6.45) is 28.0. The van der Waals surface area contributed by atoms with Gasteiger partial charge in [0.15, 0.2) is 0 Å². The number of hydrogen-bond donors (Lipinski definition) is 3. The fraction of sp³-hybridized carbons (Fsp3) is 0.885. The highest BCUT2D eigenvalue weighted by Gasteiger charge is 2.00. The van der Waals surface area contributed by atoms with Crippen molar-refractivity contribution in [2.24, 2.45) is 5.73 Å². The van der Waals surface area contributed by atoms with Crippen LogP contribution in [-0.4, -0.2) is 32.1 Å². The van der Waals surface area contributed by atoms with Gasteiger partial charge in [-0.2, -0.15) is 0 Å². The Morgan fingerprint density at radius 1 is 0.667 bits per heavy atom. The minimum absolute atomic E-state index is 0.186. The number of amides is 1. The Labute approximate surface area is 188 Å². The normalized spacial score (nSPS) is 11.4. The van der Waals surface area contributed by atoms with Gasteiger partial charge in [-0.15, -0.1) is 0 Å². The van der Waals surface area contributed by atoms with E-state index in [-0.39, 0.29) is 5.91 Å². The van der Waals surface area contributed by atoms with Crippen LogP contribution >= 0.6 is 0 Å². The first-order valence-corrected chi connectivity index (χ1v) is 13.1. The highest BCUT2D eigenvalue weighted by atomic mass is 16.1. The zero-order chi connectivity index (χ0) is 22.0. The van der Waals surface area contributed by atoms with Crippen LogP contribution in [0.3, 0.4) is 0 Å². The summed E-state index contributed by atoms with van der Waals surface area (Å²) in [5, 5.41) is 6.13. The molecule has 0 atom stereocenters. The van der Waals surface area contributed by atoms with E-state index in [2.05, 4.69) is 29.7 Å². The summed E-state index contributed by atoms with van der Waals surface area (Å²) in [5.74, 6) is 0.186.